The van der Waals surface area contributed by atoms with Gasteiger partial charge in [0.2, 0.25) is 28.6 Å². The minimum absolute atomic E-state index is 0.0669. The fraction of sp³-hybridized carbons (Fsp3) is 0.286. The molecule has 0 fully saturated rings. The normalized spacial score (nSPS) is 13.1. The van der Waals surface area contributed by atoms with Gasteiger partial charge in [-0.2, -0.15) is 4.31 Å². The average molecular weight is 554 g/mol. The van der Waals surface area contributed by atoms with E-state index >= 15 is 0 Å². The Labute approximate surface area is 228 Å². The minimum atomic E-state index is -3.63. The molecule has 3 aromatic rings. The number of hydrogen-bond acceptors (Lipinski definition) is 7. The molecule has 0 aliphatic carbocycles. The molecule has 3 aromatic carbocycles. The van der Waals surface area contributed by atoms with Gasteiger partial charge in [0.1, 0.15) is 11.8 Å². The zero-order valence-corrected chi connectivity index (χ0v) is 22.8. The van der Waals surface area contributed by atoms with Crippen LogP contribution in [0.3, 0.4) is 0 Å². The monoisotopic (exact) mass is 553 g/mol. The van der Waals surface area contributed by atoms with Crippen molar-refractivity contribution in [2.45, 2.75) is 19.1 Å². The van der Waals surface area contributed by atoms with Crippen molar-refractivity contribution in [1.82, 2.24) is 14.5 Å². The number of carbonyl (C=O) groups excluding carboxylic acids is 2. The molecular formula is C28H31N3O7S. The molecule has 2 amide bonds. The summed E-state index contributed by atoms with van der Waals surface area (Å²) in [6, 6.07) is 20.4. The molecule has 0 spiro atoms. The van der Waals surface area contributed by atoms with Crippen LogP contribution >= 0.6 is 0 Å². The first kappa shape index (κ1) is 27.9. The van der Waals surface area contributed by atoms with Crippen molar-refractivity contribution in [2.75, 3.05) is 33.8 Å². The Morgan fingerprint density at radius 1 is 0.974 bits per heavy atom. The Balaban J connectivity index is 1.65. The highest BCUT2D eigenvalue weighted by Gasteiger charge is 2.33. The van der Waals surface area contributed by atoms with Crippen LogP contribution in [0.15, 0.2) is 72.8 Å². The van der Waals surface area contributed by atoms with Gasteiger partial charge >= 0.3 is 0 Å². The molecule has 1 unspecified atom stereocenters. The standard InChI is InChI=1S/C28H31N3O7S/c1-30(39(3,34)35)18-26(32)31(17-20-9-12-23(36-2)13-10-20)27(22-7-5-4-6-8-22)28(33)29-16-21-11-14-24-25(15-21)38-19-37-24/h4-15,27H,16-19H2,1-3H3,(H,29,33). The lowest BCUT2D eigenvalue weighted by atomic mass is 10.0. The van der Waals surface area contributed by atoms with E-state index in [4.69, 9.17) is 14.2 Å². The molecule has 39 heavy (non-hydrogen) atoms. The van der Waals surface area contributed by atoms with E-state index in [9.17, 15) is 18.0 Å². The lowest BCUT2D eigenvalue weighted by Gasteiger charge is -2.32. The van der Waals surface area contributed by atoms with E-state index in [2.05, 4.69) is 5.32 Å². The molecule has 10 nitrogen and oxygen atoms in total. The van der Waals surface area contributed by atoms with E-state index in [1.807, 2.05) is 12.1 Å². The van der Waals surface area contributed by atoms with Crippen LogP contribution in [-0.4, -0.2) is 63.2 Å². The highest BCUT2D eigenvalue weighted by atomic mass is 32.2. The van der Waals surface area contributed by atoms with Crippen LogP contribution in [0, 0.1) is 0 Å². The Bertz CT molecular complexity index is 1410. The molecule has 0 bridgehead atoms. The van der Waals surface area contributed by atoms with Gasteiger partial charge in [-0.05, 0) is 41.0 Å². The number of nitrogens with one attached hydrogen (secondary N) is 1. The number of fused-ring (bicyclic) bond motifs is 1. The Hall–Kier alpha value is -4.09. The van der Waals surface area contributed by atoms with Crippen molar-refractivity contribution in [3.8, 4) is 17.2 Å². The zero-order valence-electron chi connectivity index (χ0n) is 22.0. The summed E-state index contributed by atoms with van der Waals surface area (Å²) in [6.45, 7) is -0.0244. The van der Waals surface area contributed by atoms with E-state index in [0.29, 0.717) is 22.8 Å². The number of methoxy groups -OCH3 is 1. The summed E-state index contributed by atoms with van der Waals surface area (Å²) in [4.78, 5) is 28.8. The summed E-state index contributed by atoms with van der Waals surface area (Å²) in [6.07, 6.45) is 1.03. The zero-order chi connectivity index (χ0) is 28.0. The lowest BCUT2D eigenvalue weighted by Crippen LogP contribution is -2.47. The van der Waals surface area contributed by atoms with Gasteiger partial charge in [-0.3, -0.25) is 9.59 Å². The van der Waals surface area contributed by atoms with Crippen LogP contribution in [0.5, 0.6) is 17.2 Å². The van der Waals surface area contributed by atoms with Gasteiger partial charge in [0.05, 0.1) is 19.9 Å². The van der Waals surface area contributed by atoms with Crippen LogP contribution in [0.2, 0.25) is 0 Å². The smallest absolute Gasteiger partial charge is 0.247 e. The molecule has 1 heterocycles. The summed E-state index contributed by atoms with van der Waals surface area (Å²) >= 11 is 0. The number of hydrogen-bond donors (Lipinski definition) is 1. The fourth-order valence-electron chi connectivity index (χ4n) is 4.09. The van der Waals surface area contributed by atoms with Gasteiger partial charge < -0.3 is 24.4 Å². The number of carbonyl (C=O) groups is 2. The van der Waals surface area contributed by atoms with Crippen molar-refractivity contribution in [3.63, 3.8) is 0 Å². The molecule has 0 aromatic heterocycles. The maximum atomic E-state index is 13.8. The largest absolute Gasteiger partial charge is 0.497 e. The Morgan fingerprint density at radius 3 is 2.31 bits per heavy atom. The summed E-state index contributed by atoms with van der Waals surface area (Å²) in [7, 11) is -0.742. The molecule has 1 N–H and O–H groups in total. The molecule has 206 valence electrons. The average Bonchev–Trinajstić information content (AvgIpc) is 3.40. The highest BCUT2D eigenvalue weighted by Crippen LogP contribution is 2.32. The van der Waals surface area contributed by atoms with Gasteiger partial charge in [0.15, 0.2) is 11.5 Å². The maximum Gasteiger partial charge on any atom is 0.247 e. The molecule has 1 aliphatic rings. The number of likely N-dealkylation sites (N-methyl/N-ethyl adjacent to an activating group) is 1. The summed E-state index contributed by atoms with van der Waals surface area (Å²) in [5, 5.41) is 2.93. The Morgan fingerprint density at radius 2 is 1.64 bits per heavy atom. The second kappa shape index (κ2) is 12.2. The highest BCUT2D eigenvalue weighted by molar-refractivity contribution is 7.88. The van der Waals surface area contributed by atoms with E-state index in [-0.39, 0.29) is 19.9 Å². The van der Waals surface area contributed by atoms with Gasteiger partial charge in [0.25, 0.3) is 0 Å². The van der Waals surface area contributed by atoms with Gasteiger partial charge in [-0.15, -0.1) is 0 Å². The summed E-state index contributed by atoms with van der Waals surface area (Å²) < 4.78 is 41.1. The fourth-order valence-corrected chi connectivity index (χ4v) is 4.44. The molecule has 0 saturated heterocycles. The van der Waals surface area contributed by atoms with Crippen LogP contribution < -0.4 is 19.5 Å². The van der Waals surface area contributed by atoms with Gasteiger partial charge in [-0.1, -0.05) is 48.5 Å². The molecule has 1 atom stereocenters. The summed E-state index contributed by atoms with van der Waals surface area (Å²) in [5.74, 6) is 0.947. The van der Waals surface area contributed by atoms with Crippen LogP contribution in [0.4, 0.5) is 0 Å². The van der Waals surface area contributed by atoms with Crippen LogP contribution in [0.25, 0.3) is 0 Å². The number of benzene rings is 3. The lowest BCUT2D eigenvalue weighted by molar-refractivity contribution is -0.141. The third-order valence-corrected chi connectivity index (χ3v) is 7.60. The van der Waals surface area contributed by atoms with Crippen LogP contribution in [0.1, 0.15) is 22.7 Å². The third kappa shape index (κ3) is 7.06. The predicted molar refractivity (Wildman–Crippen MR) is 145 cm³/mol. The molecular weight excluding hydrogens is 522 g/mol. The quantitative estimate of drug-likeness (QED) is 0.388. The second-order valence-corrected chi connectivity index (χ2v) is 11.2. The topological polar surface area (TPSA) is 114 Å². The molecule has 4 rings (SSSR count). The SMILES string of the molecule is COc1ccc(CN(C(=O)CN(C)S(C)(=O)=O)C(C(=O)NCc2ccc3c(c2)OCO3)c2ccccc2)cc1. The predicted octanol–water partition coefficient (Wildman–Crippen LogP) is 2.70. The first-order valence-corrected chi connectivity index (χ1v) is 14.1. The van der Waals surface area contributed by atoms with Crippen LogP contribution in [-0.2, 0) is 32.7 Å². The van der Waals surface area contributed by atoms with E-state index in [1.165, 1.54) is 11.9 Å². The summed E-state index contributed by atoms with van der Waals surface area (Å²) in [5.41, 5.74) is 2.13. The van der Waals surface area contributed by atoms with Gasteiger partial charge in [-0.25, -0.2) is 8.42 Å². The number of sulfonamides is 1. The molecule has 0 radical (unpaired) electrons. The first-order valence-electron chi connectivity index (χ1n) is 12.2. The van der Waals surface area contributed by atoms with Crippen molar-refractivity contribution in [2.24, 2.45) is 0 Å². The Kier molecular flexibility index (Phi) is 8.72. The van der Waals surface area contributed by atoms with Crippen molar-refractivity contribution in [1.29, 1.82) is 0 Å². The first-order chi connectivity index (χ1) is 18.7. The molecule has 1 aliphatic heterocycles. The molecule has 0 saturated carbocycles. The number of rotatable bonds is 11. The van der Waals surface area contributed by atoms with Crippen molar-refractivity contribution >= 4 is 21.8 Å². The molecule has 11 heteroatoms. The number of nitrogens with zero attached hydrogens (tertiary/aromatic N) is 2. The number of ether oxygens (including phenoxy) is 3. The van der Waals surface area contributed by atoms with Crippen molar-refractivity contribution in [3.05, 3.63) is 89.5 Å². The van der Waals surface area contributed by atoms with E-state index < -0.39 is 34.4 Å². The van der Waals surface area contributed by atoms with E-state index in [0.717, 1.165) is 21.7 Å². The van der Waals surface area contributed by atoms with E-state index in [1.54, 1.807) is 67.8 Å². The van der Waals surface area contributed by atoms with Gasteiger partial charge in [0, 0.05) is 20.1 Å². The minimum Gasteiger partial charge on any atom is -0.497 e. The third-order valence-electron chi connectivity index (χ3n) is 6.34. The second-order valence-electron chi connectivity index (χ2n) is 9.11. The number of amides is 2. The van der Waals surface area contributed by atoms with Crippen molar-refractivity contribution < 1.29 is 32.2 Å². The maximum absolute atomic E-state index is 13.8.